The molecule has 2 saturated heterocycles. The number of piperidine rings is 1. The van der Waals surface area contributed by atoms with Crippen LogP contribution in [0.25, 0.3) is 11.1 Å². The van der Waals surface area contributed by atoms with Crippen LogP contribution in [0.3, 0.4) is 0 Å². The van der Waals surface area contributed by atoms with Crippen LogP contribution in [0.5, 0.6) is 5.75 Å². The molecule has 3 aliphatic rings. The highest BCUT2D eigenvalue weighted by molar-refractivity contribution is 6.02. The average Bonchev–Trinajstić information content (AvgIpc) is 3.31. The van der Waals surface area contributed by atoms with E-state index in [1.54, 1.807) is 24.3 Å². The second-order valence-corrected chi connectivity index (χ2v) is 11.4. The standard InChI is InChI=1S/C30H35F3N2O5/c31-30(32,33)29(12-3-13-29)19-34-14-10-20(11-15-34)18-40-23-8-6-21(7-9-23)24-4-1-2-5-25(24)27(37)35-17-22(36)16-26(35)28(38)39/h1-2,4-9,20,22,26,36H,3,10-19H2,(H,38,39). The molecule has 2 unspecified atom stereocenters. The topological polar surface area (TPSA) is 90.3 Å². The predicted molar refractivity (Wildman–Crippen MR) is 142 cm³/mol. The Kier molecular flexibility index (Phi) is 8.10. The molecule has 0 aromatic heterocycles. The summed E-state index contributed by atoms with van der Waals surface area (Å²) in [6.45, 7) is 1.85. The minimum absolute atomic E-state index is 0.00262. The van der Waals surface area contributed by atoms with Crippen molar-refractivity contribution in [2.45, 2.75) is 56.8 Å². The molecular formula is C30H35F3N2O5. The molecule has 2 N–H and O–H groups in total. The van der Waals surface area contributed by atoms with Gasteiger partial charge in [0.15, 0.2) is 0 Å². The number of aliphatic hydroxyl groups excluding tert-OH is 1. The predicted octanol–water partition coefficient (Wildman–Crippen LogP) is 4.84. The maximum atomic E-state index is 13.5. The van der Waals surface area contributed by atoms with Crippen molar-refractivity contribution in [2.24, 2.45) is 11.3 Å². The number of β-amino-alcohol motifs (C(OH)–C–C–N with tert-alkyl or cyclic N) is 1. The summed E-state index contributed by atoms with van der Waals surface area (Å²) in [6.07, 6.45) is -2.30. The van der Waals surface area contributed by atoms with E-state index in [1.165, 1.54) is 4.90 Å². The zero-order valence-corrected chi connectivity index (χ0v) is 22.3. The number of alkyl halides is 3. The first kappa shape index (κ1) is 28.4. The maximum absolute atomic E-state index is 13.5. The van der Waals surface area contributed by atoms with Gasteiger partial charge in [0.05, 0.1) is 18.1 Å². The number of ether oxygens (including phenoxy) is 1. The van der Waals surface area contributed by atoms with Crippen molar-refractivity contribution < 1.29 is 37.7 Å². The Labute approximate surface area is 231 Å². The first-order valence-electron chi connectivity index (χ1n) is 13.9. The van der Waals surface area contributed by atoms with Crippen molar-refractivity contribution in [1.29, 1.82) is 0 Å². The second-order valence-electron chi connectivity index (χ2n) is 11.4. The number of hydrogen-bond donors (Lipinski definition) is 2. The largest absolute Gasteiger partial charge is 0.493 e. The van der Waals surface area contributed by atoms with Gasteiger partial charge in [0.1, 0.15) is 11.8 Å². The van der Waals surface area contributed by atoms with Crippen LogP contribution >= 0.6 is 0 Å². The number of amides is 1. The van der Waals surface area contributed by atoms with E-state index in [0.717, 1.165) is 18.4 Å². The number of carboxylic acids is 1. The summed E-state index contributed by atoms with van der Waals surface area (Å²) in [5.41, 5.74) is 0.262. The van der Waals surface area contributed by atoms with Gasteiger partial charge in [-0.2, -0.15) is 13.2 Å². The number of nitrogens with zero attached hydrogens (tertiary/aromatic N) is 2. The summed E-state index contributed by atoms with van der Waals surface area (Å²) in [7, 11) is 0. The zero-order valence-electron chi connectivity index (χ0n) is 22.3. The fraction of sp³-hybridized carbons (Fsp3) is 0.533. The summed E-state index contributed by atoms with van der Waals surface area (Å²) in [4.78, 5) is 28.1. The van der Waals surface area contributed by atoms with Crippen LogP contribution in [-0.2, 0) is 4.79 Å². The first-order chi connectivity index (χ1) is 19.1. The molecule has 0 spiro atoms. The van der Waals surface area contributed by atoms with Crippen molar-refractivity contribution in [3.05, 3.63) is 54.1 Å². The monoisotopic (exact) mass is 560 g/mol. The van der Waals surface area contributed by atoms with E-state index in [-0.39, 0.29) is 38.3 Å². The molecule has 40 heavy (non-hydrogen) atoms. The third-order valence-electron chi connectivity index (χ3n) is 8.78. The smallest absolute Gasteiger partial charge is 0.395 e. The number of rotatable bonds is 8. The molecule has 7 nitrogen and oxygen atoms in total. The number of aliphatic carboxylic acids is 1. The minimum Gasteiger partial charge on any atom is -0.493 e. The van der Waals surface area contributed by atoms with Crippen molar-refractivity contribution in [3.63, 3.8) is 0 Å². The number of carbonyl (C=O) groups excluding carboxylic acids is 1. The van der Waals surface area contributed by atoms with Gasteiger partial charge in [0.2, 0.25) is 0 Å². The highest BCUT2D eigenvalue weighted by atomic mass is 19.4. The maximum Gasteiger partial charge on any atom is 0.395 e. The fourth-order valence-electron chi connectivity index (χ4n) is 6.17. The lowest BCUT2D eigenvalue weighted by Gasteiger charge is -2.47. The van der Waals surface area contributed by atoms with Gasteiger partial charge in [-0.25, -0.2) is 4.79 Å². The first-order valence-corrected chi connectivity index (χ1v) is 13.9. The van der Waals surface area contributed by atoms with E-state index >= 15 is 0 Å². The van der Waals surface area contributed by atoms with Crippen molar-refractivity contribution in [3.8, 4) is 16.9 Å². The second kappa shape index (κ2) is 11.4. The number of halogens is 3. The van der Waals surface area contributed by atoms with E-state index in [9.17, 15) is 33.0 Å². The molecule has 2 atom stereocenters. The van der Waals surface area contributed by atoms with Gasteiger partial charge in [-0.15, -0.1) is 0 Å². The van der Waals surface area contributed by atoms with E-state index in [2.05, 4.69) is 0 Å². The Balaban J connectivity index is 1.16. The van der Waals surface area contributed by atoms with Crippen LogP contribution in [0.1, 0.15) is 48.9 Å². The number of carbonyl (C=O) groups is 2. The zero-order chi connectivity index (χ0) is 28.5. The van der Waals surface area contributed by atoms with Crippen LogP contribution in [0.4, 0.5) is 13.2 Å². The third-order valence-corrected chi connectivity index (χ3v) is 8.78. The van der Waals surface area contributed by atoms with Crippen LogP contribution in [0.2, 0.25) is 0 Å². The molecule has 2 aromatic rings. The third kappa shape index (κ3) is 5.83. The summed E-state index contributed by atoms with van der Waals surface area (Å²) in [5.74, 6) is -0.646. The van der Waals surface area contributed by atoms with Gasteiger partial charge in [0.25, 0.3) is 5.91 Å². The highest BCUT2D eigenvalue weighted by Gasteiger charge is 2.58. The quantitative estimate of drug-likeness (QED) is 0.481. The van der Waals surface area contributed by atoms with Crippen molar-refractivity contribution in [1.82, 2.24) is 9.80 Å². The summed E-state index contributed by atoms with van der Waals surface area (Å²) in [6, 6.07) is 13.2. The molecule has 3 fully saturated rings. The fourth-order valence-corrected chi connectivity index (χ4v) is 6.17. The Morgan fingerprint density at radius 3 is 2.30 bits per heavy atom. The molecule has 1 amide bonds. The summed E-state index contributed by atoms with van der Waals surface area (Å²) in [5, 5.41) is 19.5. The lowest BCUT2D eigenvalue weighted by atomic mass is 9.67. The number of likely N-dealkylation sites (tertiary alicyclic amines) is 2. The Hall–Kier alpha value is -3.11. The molecule has 1 aliphatic carbocycles. The molecular weight excluding hydrogens is 525 g/mol. The SMILES string of the molecule is O=C(O)C1CC(O)CN1C(=O)c1ccccc1-c1ccc(OCC2CCN(CC3(C(F)(F)F)CCC3)CC2)cc1. The van der Waals surface area contributed by atoms with Gasteiger partial charge in [-0.3, -0.25) is 4.79 Å². The molecule has 0 bridgehead atoms. The van der Waals surface area contributed by atoms with Crippen molar-refractivity contribution >= 4 is 11.9 Å². The van der Waals surface area contributed by atoms with E-state index < -0.39 is 35.6 Å². The molecule has 1 saturated carbocycles. The van der Waals surface area contributed by atoms with Crippen molar-refractivity contribution in [2.75, 3.05) is 32.8 Å². The number of hydrogen-bond acceptors (Lipinski definition) is 5. The van der Waals surface area contributed by atoms with Gasteiger partial charge >= 0.3 is 12.1 Å². The lowest BCUT2D eigenvalue weighted by Crippen LogP contribution is -2.53. The Morgan fingerprint density at radius 2 is 1.70 bits per heavy atom. The molecule has 2 heterocycles. The van der Waals surface area contributed by atoms with Crippen LogP contribution < -0.4 is 4.74 Å². The number of aliphatic hydroxyl groups is 1. The Morgan fingerprint density at radius 1 is 1.02 bits per heavy atom. The van der Waals surface area contributed by atoms with Gasteiger partial charge in [0, 0.05) is 25.1 Å². The molecule has 5 rings (SSSR count). The molecule has 0 radical (unpaired) electrons. The molecule has 216 valence electrons. The minimum atomic E-state index is -4.14. The normalized spacial score (nSPS) is 23.6. The number of benzene rings is 2. The van der Waals surface area contributed by atoms with Gasteiger partial charge < -0.3 is 24.7 Å². The van der Waals surface area contributed by atoms with Gasteiger partial charge in [-0.1, -0.05) is 36.8 Å². The average molecular weight is 561 g/mol. The number of carboxylic acid groups (broad SMARTS) is 1. The van der Waals surface area contributed by atoms with E-state index in [0.29, 0.717) is 43.0 Å². The van der Waals surface area contributed by atoms with Gasteiger partial charge in [-0.05, 0) is 74.0 Å². The van der Waals surface area contributed by atoms with E-state index in [1.807, 2.05) is 29.2 Å². The van der Waals surface area contributed by atoms with Crippen LogP contribution in [-0.4, -0.2) is 83.0 Å². The highest BCUT2D eigenvalue weighted by Crippen LogP contribution is 2.53. The molecule has 2 aromatic carbocycles. The summed E-state index contributed by atoms with van der Waals surface area (Å²) < 4.78 is 46.6. The molecule has 2 aliphatic heterocycles. The van der Waals surface area contributed by atoms with Crippen LogP contribution in [0.15, 0.2) is 48.5 Å². The Bertz CT molecular complexity index is 1210. The van der Waals surface area contributed by atoms with E-state index in [4.69, 9.17) is 4.74 Å². The summed E-state index contributed by atoms with van der Waals surface area (Å²) >= 11 is 0. The lowest BCUT2D eigenvalue weighted by molar-refractivity contribution is -0.256. The van der Waals surface area contributed by atoms with Crippen LogP contribution in [0, 0.1) is 11.3 Å². The molecule has 10 heteroatoms.